The normalized spacial score (nSPS) is 17.9. The summed E-state index contributed by atoms with van der Waals surface area (Å²) in [5.41, 5.74) is 5.96. The van der Waals surface area contributed by atoms with Crippen LogP contribution >= 0.6 is 15.9 Å². The maximum atomic E-state index is 13.7. The van der Waals surface area contributed by atoms with Gasteiger partial charge in [0.25, 0.3) is 0 Å². The van der Waals surface area contributed by atoms with E-state index in [1.807, 2.05) is 6.07 Å². The van der Waals surface area contributed by atoms with E-state index in [0.717, 1.165) is 30.4 Å². The third kappa shape index (κ3) is 3.09. The van der Waals surface area contributed by atoms with E-state index in [4.69, 9.17) is 5.73 Å². The number of likely N-dealkylation sites (tertiary alicyclic amines) is 1. The van der Waals surface area contributed by atoms with E-state index in [1.165, 1.54) is 6.07 Å². The molecule has 2 N–H and O–H groups in total. The highest BCUT2D eigenvalue weighted by Crippen LogP contribution is 2.24. The Morgan fingerprint density at radius 3 is 2.67 bits per heavy atom. The Kier molecular flexibility index (Phi) is 4.35. The predicted octanol–water partition coefficient (Wildman–Crippen LogP) is 2.29. The minimum absolute atomic E-state index is 0.0229. The molecule has 0 bridgehead atoms. The van der Waals surface area contributed by atoms with Gasteiger partial charge in [-0.25, -0.2) is 4.39 Å². The molecule has 1 aliphatic heterocycles. The highest BCUT2D eigenvalue weighted by atomic mass is 79.9. The van der Waals surface area contributed by atoms with Crippen LogP contribution < -0.4 is 5.73 Å². The van der Waals surface area contributed by atoms with Crippen LogP contribution in [0.2, 0.25) is 0 Å². The monoisotopic (exact) mass is 314 g/mol. The second-order valence-electron chi connectivity index (χ2n) is 4.65. The summed E-state index contributed by atoms with van der Waals surface area (Å²) in [7, 11) is 0. The highest BCUT2D eigenvalue weighted by molar-refractivity contribution is 9.10. The summed E-state index contributed by atoms with van der Waals surface area (Å²) in [6.45, 7) is 2.14. The average Bonchev–Trinajstić information content (AvgIpc) is 2.34. The lowest BCUT2D eigenvalue weighted by Crippen LogP contribution is -2.38. The zero-order chi connectivity index (χ0) is 13.1. The van der Waals surface area contributed by atoms with Crippen LogP contribution in [0.5, 0.6) is 0 Å². The van der Waals surface area contributed by atoms with Crippen molar-refractivity contribution in [2.45, 2.75) is 19.4 Å². The molecule has 0 radical (unpaired) electrons. The first-order valence-corrected chi connectivity index (χ1v) is 6.82. The molecule has 0 aromatic heterocycles. The number of amides is 1. The number of carbonyl (C=O) groups excluding carboxylic acids is 1. The Balaban J connectivity index is 1.98. The zero-order valence-electron chi connectivity index (χ0n) is 10.0. The second kappa shape index (κ2) is 5.80. The molecule has 0 atom stereocenters. The van der Waals surface area contributed by atoms with Crippen LogP contribution in [0.1, 0.15) is 18.4 Å². The molecule has 1 aromatic rings. The Bertz CT molecular complexity index is 424. The Morgan fingerprint density at radius 2 is 2.11 bits per heavy atom. The molecule has 1 aromatic carbocycles. The first-order valence-electron chi connectivity index (χ1n) is 6.02. The molecule has 0 aliphatic carbocycles. The number of rotatable bonds is 3. The number of hydrogen-bond acceptors (Lipinski definition) is 2. The van der Waals surface area contributed by atoms with Gasteiger partial charge < -0.3 is 5.73 Å². The van der Waals surface area contributed by atoms with Crippen molar-refractivity contribution in [2.24, 2.45) is 11.7 Å². The molecule has 18 heavy (non-hydrogen) atoms. The Labute approximate surface area is 114 Å². The van der Waals surface area contributed by atoms with Gasteiger partial charge >= 0.3 is 0 Å². The van der Waals surface area contributed by atoms with Gasteiger partial charge in [-0.05, 0) is 38.1 Å². The summed E-state index contributed by atoms with van der Waals surface area (Å²) in [6.07, 6.45) is 1.53. The van der Waals surface area contributed by atoms with Gasteiger partial charge in [-0.1, -0.05) is 22.0 Å². The van der Waals surface area contributed by atoms with Crippen LogP contribution in [0.15, 0.2) is 22.7 Å². The van der Waals surface area contributed by atoms with E-state index in [9.17, 15) is 9.18 Å². The molecule has 1 heterocycles. The van der Waals surface area contributed by atoms with Crippen molar-refractivity contribution >= 4 is 21.8 Å². The van der Waals surface area contributed by atoms with Crippen molar-refractivity contribution in [3.63, 3.8) is 0 Å². The number of hydrogen-bond donors (Lipinski definition) is 1. The zero-order valence-corrected chi connectivity index (χ0v) is 11.6. The SMILES string of the molecule is NC(=O)C1CCN(Cc2c(F)cccc2Br)CC1. The fraction of sp³-hybridized carbons (Fsp3) is 0.462. The molecular weight excluding hydrogens is 299 g/mol. The van der Waals surface area contributed by atoms with Crippen LogP contribution in [0.25, 0.3) is 0 Å². The smallest absolute Gasteiger partial charge is 0.220 e. The van der Waals surface area contributed by atoms with Gasteiger partial charge in [-0.15, -0.1) is 0 Å². The lowest BCUT2D eigenvalue weighted by Gasteiger charge is -2.30. The number of nitrogens with zero attached hydrogens (tertiary/aromatic N) is 1. The first-order chi connectivity index (χ1) is 8.58. The first kappa shape index (κ1) is 13.5. The molecule has 2 rings (SSSR count). The van der Waals surface area contributed by atoms with Crippen molar-refractivity contribution in [2.75, 3.05) is 13.1 Å². The number of nitrogens with two attached hydrogens (primary N) is 1. The van der Waals surface area contributed by atoms with E-state index < -0.39 is 0 Å². The van der Waals surface area contributed by atoms with E-state index in [2.05, 4.69) is 20.8 Å². The van der Waals surface area contributed by atoms with Gasteiger partial charge in [-0.3, -0.25) is 9.69 Å². The molecule has 1 fully saturated rings. The molecular formula is C13H16BrFN2O. The Morgan fingerprint density at radius 1 is 1.44 bits per heavy atom. The van der Waals surface area contributed by atoms with Gasteiger partial charge in [0.15, 0.2) is 0 Å². The number of benzene rings is 1. The average molecular weight is 315 g/mol. The number of piperidine rings is 1. The number of primary amides is 1. The molecule has 98 valence electrons. The Hall–Kier alpha value is -0.940. The van der Waals surface area contributed by atoms with Crippen molar-refractivity contribution < 1.29 is 9.18 Å². The number of halogens is 2. The molecule has 0 unspecified atom stereocenters. The fourth-order valence-electron chi connectivity index (χ4n) is 2.28. The van der Waals surface area contributed by atoms with Crippen LogP contribution in [-0.2, 0) is 11.3 Å². The predicted molar refractivity (Wildman–Crippen MR) is 71.3 cm³/mol. The molecule has 3 nitrogen and oxygen atoms in total. The fourth-order valence-corrected chi connectivity index (χ4v) is 2.75. The summed E-state index contributed by atoms with van der Waals surface area (Å²) < 4.78 is 14.5. The summed E-state index contributed by atoms with van der Waals surface area (Å²) in [4.78, 5) is 13.2. The minimum Gasteiger partial charge on any atom is -0.369 e. The quantitative estimate of drug-likeness (QED) is 0.930. The maximum Gasteiger partial charge on any atom is 0.220 e. The summed E-state index contributed by atoms with van der Waals surface area (Å²) in [5, 5.41) is 0. The van der Waals surface area contributed by atoms with Gasteiger partial charge in [-0.2, -0.15) is 0 Å². The van der Waals surface area contributed by atoms with Gasteiger partial charge in [0, 0.05) is 22.5 Å². The van der Waals surface area contributed by atoms with Crippen LogP contribution in [0.3, 0.4) is 0 Å². The van der Waals surface area contributed by atoms with Gasteiger partial charge in [0.1, 0.15) is 5.82 Å². The molecule has 0 spiro atoms. The lowest BCUT2D eigenvalue weighted by molar-refractivity contribution is -0.123. The van der Waals surface area contributed by atoms with Gasteiger partial charge in [0.2, 0.25) is 5.91 Å². The van der Waals surface area contributed by atoms with Crippen LogP contribution in [-0.4, -0.2) is 23.9 Å². The van der Waals surface area contributed by atoms with Crippen LogP contribution in [0, 0.1) is 11.7 Å². The third-order valence-corrected chi connectivity index (χ3v) is 4.18. The molecule has 0 saturated carbocycles. The maximum absolute atomic E-state index is 13.7. The van der Waals surface area contributed by atoms with Gasteiger partial charge in [0.05, 0.1) is 0 Å². The topological polar surface area (TPSA) is 46.3 Å². The van der Waals surface area contributed by atoms with Crippen LogP contribution in [0.4, 0.5) is 4.39 Å². The molecule has 1 amide bonds. The largest absolute Gasteiger partial charge is 0.369 e. The molecule has 1 aliphatic rings. The summed E-state index contributed by atoms with van der Waals surface area (Å²) >= 11 is 3.37. The van der Waals surface area contributed by atoms with E-state index in [0.29, 0.717) is 12.1 Å². The third-order valence-electron chi connectivity index (χ3n) is 3.43. The van der Waals surface area contributed by atoms with Crippen molar-refractivity contribution in [3.05, 3.63) is 34.1 Å². The molecule has 5 heteroatoms. The second-order valence-corrected chi connectivity index (χ2v) is 5.51. The van der Waals surface area contributed by atoms with E-state index in [1.54, 1.807) is 6.07 Å². The minimum atomic E-state index is -0.221. The highest BCUT2D eigenvalue weighted by Gasteiger charge is 2.23. The standard InChI is InChI=1S/C13H16BrFN2O/c14-11-2-1-3-12(15)10(11)8-17-6-4-9(5-7-17)13(16)18/h1-3,9H,4-8H2,(H2,16,18). The van der Waals surface area contributed by atoms with Crippen molar-refractivity contribution in [1.29, 1.82) is 0 Å². The van der Waals surface area contributed by atoms with Crippen molar-refractivity contribution in [3.8, 4) is 0 Å². The lowest BCUT2D eigenvalue weighted by atomic mass is 9.96. The van der Waals surface area contributed by atoms with Crippen molar-refractivity contribution in [1.82, 2.24) is 4.90 Å². The number of carbonyl (C=O) groups is 1. The summed E-state index contributed by atoms with van der Waals surface area (Å²) in [5.74, 6) is -0.437. The summed E-state index contributed by atoms with van der Waals surface area (Å²) in [6, 6.07) is 4.99. The van der Waals surface area contributed by atoms with E-state index in [-0.39, 0.29) is 17.6 Å². The van der Waals surface area contributed by atoms with E-state index >= 15 is 0 Å². The molecule has 1 saturated heterocycles.